The van der Waals surface area contributed by atoms with Crippen molar-refractivity contribution in [1.82, 2.24) is 0 Å². The summed E-state index contributed by atoms with van der Waals surface area (Å²) in [5.74, 6) is 1.24. The predicted molar refractivity (Wildman–Crippen MR) is 59.1 cm³/mol. The summed E-state index contributed by atoms with van der Waals surface area (Å²) >= 11 is 0. The molecule has 1 N–H and O–H groups in total. The highest BCUT2D eigenvalue weighted by atomic mass is 16.3. The average Bonchev–Trinajstić information content (AvgIpc) is 2.51. The second kappa shape index (κ2) is 3.23. The van der Waals surface area contributed by atoms with Crippen molar-refractivity contribution in [2.24, 2.45) is 17.3 Å². The molecule has 0 amide bonds. The SMILES string of the molecule is CC1CC(O)(CC2(C)CCCC2)C1C. The normalized spacial score (nSPS) is 46.3. The zero-order valence-electron chi connectivity index (χ0n) is 9.84. The Balaban J connectivity index is 1.97. The van der Waals surface area contributed by atoms with Crippen molar-refractivity contribution in [3.8, 4) is 0 Å². The van der Waals surface area contributed by atoms with Crippen molar-refractivity contribution >= 4 is 0 Å². The summed E-state index contributed by atoms with van der Waals surface area (Å²) in [6.07, 6.45) is 7.48. The quantitative estimate of drug-likeness (QED) is 0.718. The summed E-state index contributed by atoms with van der Waals surface area (Å²) in [6.45, 7) is 6.84. The topological polar surface area (TPSA) is 20.2 Å². The maximum Gasteiger partial charge on any atom is 0.0683 e. The molecule has 0 bridgehead atoms. The highest BCUT2D eigenvalue weighted by Crippen LogP contribution is 2.53. The smallest absolute Gasteiger partial charge is 0.0683 e. The molecule has 2 fully saturated rings. The number of hydrogen-bond acceptors (Lipinski definition) is 1. The van der Waals surface area contributed by atoms with Crippen LogP contribution in [-0.2, 0) is 0 Å². The molecule has 0 spiro atoms. The Kier molecular flexibility index (Phi) is 2.42. The first-order chi connectivity index (χ1) is 6.45. The zero-order valence-corrected chi connectivity index (χ0v) is 9.84. The number of hydrogen-bond donors (Lipinski definition) is 1. The van der Waals surface area contributed by atoms with Crippen LogP contribution in [0.5, 0.6) is 0 Å². The Morgan fingerprint density at radius 3 is 2.21 bits per heavy atom. The van der Waals surface area contributed by atoms with Crippen molar-refractivity contribution in [3.63, 3.8) is 0 Å². The third-order valence-corrected chi connectivity index (χ3v) is 4.92. The van der Waals surface area contributed by atoms with E-state index in [0.717, 1.165) is 18.8 Å². The van der Waals surface area contributed by atoms with Crippen molar-refractivity contribution in [2.75, 3.05) is 0 Å². The van der Waals surface area contributed by atoms with Gasteiger partial charge < -0.3 is 5.11 Å². The zero-order chi connectivity index (χ0) is 10.4. The van der Waals surface area contributed by atoms with Crippen molar-refractivity contribution in [2.45, 2.75) is 64.9 Å². The summed E-state index contributed by atoms with van der Waals surface area (Å²) in [5.41, 5.74) is 0.127. The first-order valence-corrected chi connectivity index (χ1v) is 6.18. The largest absolute Gasteiger partial charge is 0.390 e. The van der Waals surface area contributed by atoms with E-state index in [0.29, 0.717) is 11.3 Å². The summed E-state index contributed by atoms with van der Waals surface area (Å²) in [4.78, 5) is 0. The third-order valence-electron chi connectivity index (χ3n) is 4.92. The van der Waals surface area contributed by atoms with Gasteiger partial charge in [0.15, 0.2) is 0 Å². The molecule has 1 nitrogen and oxygen atoms in total. The molecule has 82 valence electrons. The minimum atomic E-state index is -0.321. The molecule has 2 saturated carbocycles. The first-order valence-electron chi connectivity index (χ1n) is 6.18. The van der Waals surface area contributed by atoms with Gasteiger partial charge in [0.2, 0.25) is 0 Å². The Morgan fingerprint density at radius 1 is 1.21 bits per heavy atom. The molecule has 0 saturated heterocycles. The van der Waals surface area contributed by atoms with Crippen molar-refractivity contribution < 1.29 is 5.11 Å². The molecule has 0 aromatic rings. The fraction of sp³-hybridized carbons (Fsp3) is 1.00. The van der Waals surface area contributed by atoms with Crippen LogP contribution < -0.4 is 0 Å². The third kappa shape index (κ3) is 1.60. The molecule has 2 aliphatic carbocycles. The van der Waals surface area contributed by atoms with Crippen LogP contribution in [0.15, 0.2) is 0 Å². The van der Waals surface area contributed by atoms with Gasteiger partial charge in [-0.25, -0.2) is 0 Å². The molecule has 0 heterocycles. The van der Waals surface area contributed by atoms with Crippen LogP contribution in [-0.4, -0.2) is 10.7 Å². The number of rotatable bonds is 2. The minimum absolute atomic E-state index is 0.321. The Labute approximate surface area is 87.9 Å². The van der Waals surface area contributed by atoms with E-state index in [-0.39, 0.29) is 5.60 Å². The second-order valence-corrected chi connectivity index (χ2v) is 6.27. The van der Waals surface area contributed by atoms with Gasteiger partial charge in [-0.2, -0.15) is 0 Å². The maximum atomic E-state index is 10.5. The Bertz CT molecular complexity index is 217. The summed E-state index contributed by atoms with van der Waals surface area (Å²) in [6, 6.07) is 0. The minimum Gasteiger partial charge on any atom is -0.390 e. The molecule has 14 heavy (non-hydrogen) atoms. The van der Waals surface area contributed by atoms with Gasteiger partial charge in [0.1, 0.15) is 0 Å². The van der Waals surface area contributed by atoms with Crippen LogP contribution >= 0.6 is 0 Å². The summed E-state index contributed by atoms with van der Waals surface area (Å²) < 4.78 is 0. The molecule has 0 radical (unpaired) electrons. The lowest BCUT2D eigenvalue weighted by Gasteiger charge is -2.52. The van der Waals surface area contributed by atoms with Crippen LogP contribution in [0.2, 0.25) is 0 Å². The van der Waals surface area contributed by atoms with Crippen LogP contribution in [0, 0.1) is 17.3 Å². The first kappa shape index (κ1) is 10.5. The summed E-state index contributed by atoms with van der Waals surface area (Å²) in [7, 11) is 0. The van der Waals surface area contributed by atoms with Crippen molar-refractivity contribution in [1.29, 1.82) is 0 Å². The molecule has 2 aliphatic rings. The van der Waals surface area contributed by atoms with E-state index in [1.165, 1.54) is 25.7 Å². The molecular formula is C13H24O. The second-order valence-electron chi connectivity index (χ2n) is 6.27. The van der Waals surface area contributed by atoms with E-state index in [1.807, 2.05) is 0 Å². The van der Waals surface area contributed by atoms with Gasteiger partial charge in [0.25, 0.3) is 0 Å². The molecular weight excluding hydrogens is 172 g/mol. The fourth-order valence-electron chi connectivity index (χ4n) is 3.67. The lowest BCUT2D eigenvalue weighted by atomic mass is 9.57. The van der Waals surface area contributed by atoms with E-state index in [4.69, 9.17) is 0 Å². The predicted octanol–water partition coefficient (Wildman–Crippen LogP) is 3.36. The van der Waals surface area contributed by atoms with E-state index >= 15 is 0 Å². The van der Waals surface area contributed by atoms with Crippen molar-refractivity contribution in [3.05, 3.63) is 0 Å². The average molecular weight is 196 g/mol. The lowest BCUT2D eigenvalue weighted by Crippen LogP contribution is -2.53. The molecule has 3 unspecified atom stereocenters. The van der Waals surface area contributed by atoms with Gasteiger partial charge >= 0.3 is 0 Å². The Hall–Kier alpha value is -0.0400. The molecule has 2 rings (SSSR count). The Morgan fingerprint density at radius 2 is 1.79 bits per heavy atom. The maximum absolute atomic E-state index is 10.5. The van der Waals surface area contributed by atoms with Crippen LogP contribution in [0.4, 0.5) is 0 Å². The van der Waals surface area contributed by atoms with E-state index in [2.05, 4.69) is 20.8 Å². The van der Waals surface area contributed by atoms with Gasteiger partial charge in [0, 0.05) is 0 Å². The van der Waals surface area contributed by atoms with Gasteiger partial charge in [-0.05, 0) is 42.9 Å². The molecule has 0 aromatic carbocycles. The fourth-order valence-corrected chi connectivity index (χ4v) is 3.67. The molecule has 0 aromatic heterocycles. The van der Waals surface area contributed by atoms with Crippen LogP contribution in [0.1, 0.15) is 59.3 Å². The van der Waals surface area contributed by atoms with E-state index in [1.54, 1.807) is 0 Å². The van der Waals surface area contributed by atoms with Gasteiger partial charge in [-0.1, -0.05) is 33.6 Å². The van der Waals surface area contributed by atoms with Gasteiger partial charge in [-0.3, -0.25) is 0 Å². The standard InChI is InChI=1S/C13H24O/c1-10-8-13(14,11(10)2)9-12(3)6-4-5-7-12/h10-11,14H,4-9H2,1-3H3. The van der Waals surface area contributed by atoms with E-state index < -0.39 is 0 Å². The van der Waals surface area contributed by atoms with Crippen LogP contribution in [0.3, 0.4) is 0 Å². The lowest BCUT2D eigenvalue weighted by molar-refractivity contribution is -0.148. The number of aliphatic hydroxyl groups is 1. The highest BCUT2D eigenvalue weighted by molar-refractivity contribution is 5.02. The monoisotopic (exact) mass is 196 g/mol. The van der Waals surface area contributed by atoms with Gasteiger partial charge in [0.05, 0.1) is 5.60 Å². The summed E-state index contributed by atoms with van der Waals surface area (Å²) in [5, 5.41) is 10.5. The van der Waals surface area contributed by atoms with E-state index in [9.17, 15) is 5.11 Å². The molecule has 1 heteroatoms. The molecule has 0 aliphatic heterocycles. The highest BCUT2D eigenvalue weighted by Gasteiger charge is 2.51. The van der Waals surface area contributed by atoms with Crippen LogP contribution in [0.25, 0.3) is 0 Å². The van der Waals surface area contributed by atoms with Gasteiger partial charge in [-0.15, -0.1) is 0 Å². The molecule has 3 atom stereocenters.